The van der Waals surface area contributed by atoms with Gasteiger partial charge >= 0.3 is 0 Å². The Kier molecular flexibility index (Phi) is 4.65. The van der Waals surface area contributed by atoms with Crippen LogP contribution in [-0.4, -0.2) is 5.11 Å². The van der Waals surface area contributed by atoms with Crippen molar-refractivity contribution in [3.8, 4) is 0 Å². The first-order valence-corrected chi connectivity index (χ1v) is 9.26. The maximum atomic E-state index is 10.5. The number of hydrogen-bond donors (Lipinski definition) is 1. The second-order valence-corrected chi connectivity index (χ2v) is 8.57. The monoisotopic (exact) mass is 414 g/mol. The van der Waals surface area contributed by atoms with Gasteiger partial charge in [0, 0.05) is 9.35 Å². The highest BCUT2D eigenvalue weighted by Gasteiger charge is 2.24. The first-order chi connectivity index (χ1) is 9.65. The molecule has 2 atom stereocenters. The molecular formula is C16H16Br2OS. The molecule has 0 fully saturated rings. The maximum Gasteiger partial charge on any atom is 0.0888 e. The summed E-state index contributed by atoms with van der Waals surface area (Å²) in [6.07, 6.45) is 4.03. The van der Waals surface area contributed by atoms with Gasteiger partial charge in [-0.05, 0) is 80.7 Å². The molecule has 4 heteroatoms. The van der Waals surface area contributed by atoms with Crippen LogP contribution >= 0.6 is 43.2 Å². The van der Waals surface area contributed by atoms with E-state index in [0.29, 0.717) is 5.92 Å². The van der Waals surface area contributed by atoms with Crippen molar-refractivity contribution in [1.82, 2.24) is 0 Å². The number of hydrogen-bond acceptors (Lipinski definition) is 2. The summed E-state index contributed by atoms with van der Waals surface area (Å²) in [5.74, 6) is 0.481. The predicted molar refractivity (Wildman–Crippen MR) is 91.4 cm³/mol. The van der Waals surface area contributed by atoms with Crippen LogP contribution in [0.1, 0.15) is 47.3 Å². The lowest BCUT2D eigenvalue weighted by molar-refractivity contribution is 0.157. The molecule has 0 saturated carbocycles. The first-order valence-electron chi connectivity index (χ1n) is 6.85. The lowest BCUT2D eigenvalue weighted by Crippen LogP contribution is -2.12. The van der Waals surface area contributed by atoms with Crippen LogP contribution in [0.25, 0.3) is 0 Å². The lowest BCUT2D eigenvalue weighted by Gasteiger charge is -2.27. The van der Waals surface area contributed by atoms with Crippen LogP contribution in [0.5, 0.6) is 0 Å². The zero-order valence-corrected chi connectivity index (χ0v) is 15.0. The van der Waals surface area contributed by atoms with Crippen LogP contribution in [0.15, 0.2) is 38.6 Å². The third-order valence-electron chi connectivity index (χ3n) is 3.99. The van der Waals surface area contributed by atoms with Crippen LogP contribution < -0.4 is 0 Å². The Labute approximate surface area is 140 Å². The summed E-state index contributed by atoms with van der Waals surface area (Å²) in [6, 6.07) is 10.7. The van der Waals surface area contributed by atoms with Crippen LogP contribution in [0.3, 0.4) is 0 Å². The van der Waals surface area contributed by atoms with Crippen molar-refractivity contribution in [3.63, 3.8) is 0 Å². The predicted octanol–water partition coefficient (Wildman–Crippen LogP) is 5.82. The van der Waals surface area contributed by atoms with E-state index in [1.54, 1.807) is 11.3 Å². The van der Waals surface area contributed by atoms with Crippen LogP contribution in [0.4, 0.5) is 0 Å². The van der Waals surface area contributed by atoms with E-state index in [4.69, 9.17) is 0 Å². The number of rotatable bonds is 3. The quantitative estimate of drug-likeness (QED) is 0.669. The van der Waals surface area contributed by atoms with Crippen molar-refractivity contribution in [2.45, 2.75) is 37.7 Å². The van der Waals surface area contributed by atoms with Gasteiger partial charge in [-0.3, -0.25) is 0 Å². The van der Waals surface area contributed by atoms with Gasteiger partial charge in [-0.25, -0.2) is 0 Å². The Bertz CT molecular complexity index is 589. The molecule has 3 rings (SSSR count). The Morgan fingerprint density at radius 3 is 2.85 bits per heavy atom. The van der Waals surface area contributed by atoms with Gasteiger partial charge in [0.05, 0.1) is 9.89 Å². The molecule has 0 saturated heterocycles. The average molecular weight is 416 g/mol. The molecule has 2 aromatic rings. The van der Waals surface area contributed by atoms with Crippen molar-refractivity contribution in [1.29, 1.82) is 0 Å². The normalized spacial score (nSPS) is 19.6. The molecule has 1 N–H and O–H groups in total. The fourth-order valence-corrected chi connectivity index (χ4v) is 5.10. The molecule has 0 aliphatic heterocycles. The van der Waals surface area contributed by atoms with Gasteiger partial charge in [0.2, 0.25) is 0 Å². The summed E-state index contributed by atoms with van der Waals surface area (Å²) in [5, 5.41) is 10.5. The van der Waals surface area contributed by atoms with Crippen LogP contribution in [-0.2, 0) is 6.42 Å². The topological polar surface area (TPSA) is 20.2 Å². The van der Waals surface area contributed by atoms with Crippen LogP contribution in [0, 0.1) is 0 Å². The van der Waals surface area contributed by atoms with Gasteiger partial charge in [-0.15, -0.1) is 11.3 Å². The van der Waals surface area contributed by atoms with E-state index in [-0.39, 0.29) is 6.10 Å². The number of benzene rings is 1. The number of thiophene rings is 1. The first kappa shape index (κ1) is 14.8. The molecule has 106 valence electrons. The van der Waals surface area contributed by atoms with E-state index >= 15 is 0 Å². The highest BCUT2D eigenvalue weighted by Crippen LogP contribution is 2.41. The largest absolute Gasteiger partial charge is 0.388 e. The summed E-state index contributed by atoms with van der Waals surface area (Å²) in [7, 11) is 0. The van der Waals surface area contributed by atoms with Crippen molar-refractivity contribution < 1.29 is 5.11 Å². The number of fused-ring (bicyclic) bond motifs is 1. The van der Waals surface area contributed by atoms with E-state index < -0.39 is 0 Å². The summed E-state index contributed by atoms with van der Waals surface area (Å²) < 4.78 is 2.08. The fourth-order valence-electron chi connectivity index (χ4n) is 3.01. The molecule has 1 aliphatic rings. The smallest absolute Gasteiger partial charge is 0.0888 e. The minimum Gasteiger partial charge on any atom is -0.388 e. The molecule has 20 heavy (non-hydrogen) atoms. The van der Waals surface area contributed by atoms with Crippen molar-refractivity contribution in [2.75, 3.05) is 0 Å². The van der Waals surface area contributed by atoms with Gasteiger partial charge in [0.1, 0.15) is 0 Å². The Balaban J connectivity index is 1.78. The lowest BCUT2D eigenvalue weighted by atomic mass is 9.80. The maximum absolute atomic E-state index is 10.5. The number of aliphatic hydroxyl groups excluding tert-OH is 1. The Hall–Kier alpha value is -0.160. The fraction of sp³-hybridized carbons (Fsp3) is 0.375. The number of aliphatic hydroxyl groups is 1. The molecule has 0 spiro atoms. The van der Waals surface area contributed by atoms with Gasteiger partial charge in [-0.1, -0.05) is 24.3 Å². The molecule has 1 aliphatic carbocycles. The summed E-state index contributed by atoms with van der Waals surface area (Å²) in [5.41, 5.74) is 2.90. The van der Waals surface area contributed by atoms with Gasteiger partial charge in [-0.2, -0.15) is 0 Å². The molecule has 1 nitrogen and oxygen atoms in total. The molecule has 0 bridgehead atoms. The van der Waals surface area contributed by atoms with E-state index in [1.807, 2.05) is 6.07 Å². The van der Waals surface area contributed by atoms with Crippen LogP contribution in [0.2, 0.25) is 0 Å². The van der Waals surface area contributed by atoms with E-state index in [9.17, 15) is 5.11 Å². The van der Waals surface area contributed by atoms with E-state index in [2.05, 4.69) is 56.1 Å². The van der Waals surface area contributed by atoms with Crippen molar-refractivity contribution in [3.05, 3.63) is 54.6 Å². The standard InChI is InChI=1S/C16H16Br2OS/c17-13-9-15(20-16(13)18)14(19)8-11-6-3-5-10-4-1-2-7-12(10)11/h1-2,4,7,9,11,14,19H,3,5-6,8H2. The van der Waals surface area contributed by atoms with E-state index in [0.717, 1.165) is 19.6 Å². The minimum atomic E-state index is -0.376. The number of aryl methyl sites for hydroxylation is 1. The molecule has 2 unspecified atom stereocenters. The molecule has 1 aromatic heterocycles. The van der Waals surface area contributed by atoms with Crippen molar-refractivity contribution >= 4 is 43.2 Å². The minimum absolute atomic E-state index is 0.376. The zero-order valence-electron chi connectivity index (χ0n) is 11.0. The second-order valence-electron chi connectivity index (χ2n) is 5.31. The Morgan fingerprint density at radius 1 is 1.30 bits per heavy atom. The zero-order chi connectivity index (χ0) is 14.1. The van der Waals surface area contributed by atoms with Gasteiger partial charge in [0.15, 0.2) is 0 Å². The summed E-state index contributed by atoms with van der Waals surface area (Å²) >= 11 is 8.60. The Morgan fingerprint density at radius 2 is 2.10 bits per heavy atom. The molecule has 0 radical (unpaired) electrons. The summed E-state index contributed by atoms with van der Waals surface area (Å²) in [6.45, 7) is 0. The highest BCUT2D eigenvalue weighted by atomic mass is 79.9. The molecular weight excluding hydrogens is 400 g/mol. The van der Waals surface area contributed by atoms with Crippen molar-refractivity contribution in [2.24, 2.45) is 0 Å². The highest BCUT2D eigenvalue weighted by molar-refractivity contribution is 9.13. The SMILES string of the molecule is OC(CC1CCCc2ccccc21)c1cc(Br)c(Br)s1. The molecule has 1 aromatic carbocycles. The van der Waals surface area contributed by atoms with Gasteiger partial charge in [0.25, 0.3) is 0 Å². The second kappa shape index (κ2) is 6.30. The third-order valence-corrected chi connectivity index (χ3v) is 7.35. The summed E-state index contributed by atoms with van der Waals surface area (Å²) in [4.78, 5) is 1.03. The van der Waals surface area contributed by atoms with E-state index in [1.165, 1.54) is 30.4 Å². The third kappa shape index (κ3) is 3.03. The number of halogens is 2. The molecule has 1 heterocycles. The van der Waals surface area contributed by atoms with Gasteiger partial charge < -0.3 is 5.11 Å². The molecule has 0 amide bonds. The average Bonchev–Trinajstić information content (AvgIpc) is 2.79.